The lowest BCUT2D eigenvalue weighted by Gasteiger charge is -2.33. The van der Waals surface area contributed by atoms with Crippen molar-refractivity contribution in [2.75, 3.05) is 33.3 Å². The van der Waals surface area contributed by atoms with Crippen molar-refractivity contribution in [3.8, 4) is 5.88 Å². The molecule has 0 aromatic carbocycles. The third kappa shape index (κ3) is 3.72. The van der Waals surface area contributed by atoms with Crippen LogP contribution in [0.25, 0.3) is 0 Å². The zero-order valence-corrected chi connectivity index (χ0v) is 14.5. The summed E-state index contributed by atoms with van der Waals surface area (Å²) in [6.45, 7) is 3.24. The fourth-order valence-electron chi connectivity index (χ4n) is 2.55. The Balaban J connectivity index is 1.58. The minimum absolute atomic E-state index is 0.422. The quantitative estimate of drug-likeness (QED) is 0.818. The molecule has 1 fully saturated rings. The van der Waals surface area contributed by atoms with E-state index in [0.29, 0.717) is 23.2 Å². The monoisotopic (exact) mass is 353 g/mol. The minimum Gasteiger partial charge on any atom is -0.481 e. The summed E-state index contributed by atoms with van der Waals surface area (Å²) in [6, 6.07) is 7.26. The van der Waals surface area contributed by atoms with Gasteiger partial charge < -0.3 is 4.74 Å². The summed E-state index contributed by atoms with van der Waals surface area (Å²) in [5.41, 5.74) is 1.10. The molecule has 1 saturated heterocycles. The number of thiophene rings is 1. The van der Waals surface area contributed by atoms with E-state index in [1.807, 2.05) is 12.1 Å². The molecule has 3 heterocycles. The number of methoxy groups -OCH3 is 1. The summed E-state index contributed by atoms with van der Waals surface area (Å²) in [7, 11) is -1.74. The lowest BCUT2D eigenvalue weighted by molar-refractivity contribution is 0.181. The van der Waals surface area contributed by atoms with Crippen molar-refractivity contribution in [1.29, 1.82) is 0 Å². The highest BCUT2D eigenvalue weighted by molar-refractivity contribution is 7.91. The van der Waals surface area contributed by atoms with Crippen molar-refractivity contribution in [2.24, 2.45) is 0 Å². The molecule has 23 heavy (non-hydrogen) atoms. The molecule has 3 rings (SSSR count). The first-order chi connectivity index (χ1) is 11.1. The fourth-order valence-corrected chi connectivity index (χ4v) is 5.12. The van der Waals surface area contributed by atoms with E-state index >= 15 is 0 Å². The molecule has 0 amide bonds. The summed E-state index contributed by atoms with van der Waals surface area (Å²) < 4.78 is 32.0. The molecule has 0 saturated carbocycles. The van der Waals surface area contributed by atoms with E-state index in [0.717, 1.165) is 25.2 Å². The van der Waals surface area contributed by atoms with Crippen molar-refractivity contribution in [3.63, 3.8) is 0 Å². The van der Waals surface area contributed by atoms with E-state index in [1.165, 1.54) is 11.3 Å². The van der Waals surface area contributed by atoms with Crippen LogP contribution in [-0.4, -0.2) is 55.9 Å². The second-order valence-electron chi connectivity index (χ2n) is 5.32. The Morgan fingerprint density at radius 3 is 2.57 bits per heavy atom. The Morgan fingerprint density at radius 1 is 1.22 bits per heavy atom. The summed E-state index contributed by atoms with van der Waals surface area (Å²) >= 11 is 1.27. The molecule has 0 bridgehead atoms. The third-order valence-corrected chi connectivity index (χ3v) is 7.11. The van der Waals surface area contributed by atoms with Crippen molar-refractivity contribution in [2.45, 2.75) is 10.8 Å². The molecule has 1 aliphatic heterocycles. The molecule has 0 radical (unpaired) electrons. The van der Waals surface area contributed by atoms with Crippen LogP contribution in [0.1, 0.15) is 5.56 Å². The van der Waals surface area contributed by atoms with Gasteiger partial charge in [-0.2, -0.15) is 4.31 Å². The molecule has 0 atom stereocenters. The SMILES string of the molecule is COc1ccc(CN2CCN(S(=O)(=O)c3cccs3)CC2)cn1. The molecule has 1 aliphatic rings. The van der Waals surface area contributed by atoms with Crippen molar-refractivity contribution in [3.05, 3.63) is 41.4 Å². The van der Waals surface area contributed by atoms with Crippen LogP contribution >= 0.6 is 11.3 Å². The molecule has 0 unspecified atom stereocenters. The van der Waals surface area contributed by atoms with Gasteiger partial charge >= 0.3 is 0 Å². The number of nitrogens with zero attached hydrogens (tertiary/aromatic N) is 3. The molecule has 6 nitrogen and oxygen atoms in total. The van der Waals surface area contributed by atoms with Crippen molar-refractivity contribution >= 4 is 21.4 Å². The zero-order chi connectivity index (χ0) is 16.3. The molecular weight excluding hydrogens is 334 g/mol. The number of rotatable bonds is 5. The lowest BCUT2D eigenvalue weighted by Crippen LogP contribution is -2.48. The number of ether oxygens (including phenoxy) is 1. The Kier molecular flexibility index (Phi) is 4.96. The van der Waals surface area contributed by atoms with Gasteiger partial charge in [-0.05, 0) is 17.0 Å². The molecule has 0 N–H and O–H groups in total. The second kappa shape index (κ2) is 6.96. The van der Waals surface area contributed by atoms with Crippen LogP contribution in [0, 0.1) is 0 Å². The van der Waals surface area contributed by atoms with Gasteiger partial charge in [-0.25, -0.2) is 13.4 Å². The molecule has 0 spiro atoms. The van der Waals surface area contributed by atoms with E-state index in [4.69, 9.17) is 4.74 Å². The van der Waals surface area contributed by atoms with Gasteiger partial charge in [0.25, 0.3) is 10.0 Å². The molecule has 8 heteroatoms. The summed E-state index contributed by atoms with van der Waals surface area (Å²) in [5, 5.41) is 1.79. The molecular formula is C15H19N3O3S2. The zero-order valence-electron chi connectivity index (χ0n) is 12.9. The first-order valence-electron chi connectivity index (χ1n) is 7.34. The van der Waals surface area contributed by atoms with E-state index < -0.39 is 10.0 Å². The Labute approximate surface area is 140 Å². The van der Waals surface area contributed by atoms with Gasteiger partial charge in [0.1, 0.15) is 4.21 Å². The largest absolute Gasteiger partial charge is 0.481 e. The van der Waals surface area contributed by atoms with E-state index in [2.05, 4.69) is 9.88 Å². The second-order valence-corrected chi connectivity index (χ2v) is 8.43. The van der Waals surface area contributed by atoms with Crippen LogP contribution in [0.4, 0.5) is 0 Å². The first kappa shape index (κ1) is 16.4. The lowest BCUT2D eigenvalue weighted by atomic mass is 10.2. The highest BCUT2D eigenvalue weighted by Gasteiger charge is 2.29. The number of pyridine rings is 1. The van der Waals surface area contributed by atoms with Crippen LogP contribution in [0.5, 0.6) is 5.88 Å². The maximum absolute atomic E-state index is 12.5. The first-order valence-corrected chi connectivity index (χ1v) is 9.66. The normalized spacial score (nSPS) is 17.3. The van der Waals surface area contributed by atoms with Crippen LogP contribution in [0.3, 0.4) is 0 Å². The smallest absolute Gasteiger partial charge is 0.252 e. The van der Waals surface area contributed by atoms with Gasteiger partial charge in [0.2, 0.25) is 5.88 Å². The van der Waals surface area contributed by atoms with Gasteiger partial charge in [0.15, 0.2) is 0 Å². The Morgan fingerprint density at radius 2 is 2.00 bits per heavy atom. The topological polar surface area (TPSA) is 62.7 Å². The number of sulfonamides is 1. The fraction of sp³-hybridized carbons (Fsp3) is 0.400. The maximum Gasteiger partial charge on any atom is 0.252 e. The number of hydrogen-bond donors (Lipinski definition) is 0. The van der Waals surface area contributed by atoms with E-state index in [9.17, 15) is 8.42 Å². The van der Waals surface area contributed by atoms with Crippen molar-refractivity contribution in [1.82, 2.24) is 14.2 Å². The highest BCUT2D eigenvalue weighted by atomic mass is 32.2. The van der Waals surface area contributed by atoms with Crippen LogP contribution in [0.15, 0.2) is 40.1 Å². The molecule has 2 aromatic heterocycles. The number of aromatic nitrogens is 1. The van der Waals surface area contributed by atoms with Gasteiger partial charge in [0, 0.05) is 45.0 Å². The van der Waals surface area contributed by atoms with Gasteiger partial charge in [0.05, 0.1) is 7.11 Å². The molecule has 2 aromatic rings. The Hall–Kier alpha value is -1.48. The Bertz CT molecular complexity index is 722. The average Bonchev–Trinajstić information content (AvgIpc) is 3.11. The predicted octanol–water partition coefficient (Wildman–Crippen LogP) is 1.66. The standard InChI is InChI=1S/C15H19N3O3S2/c1-21-14-5-4-13(11-16-14)12-17-6-8-18(9-7-17)23(19,20)15-3-2-10-22-15/h2-5,10-11H,6-9,12H2,1H3. The van der Waals surface area contributed by atoms with E-state index in [-0.39, 0.29) is 0 Å². The van der Waals surface area contributed by atoms with Crippen LogP contribution in [0.2, 0.25) is 0 Å². The molecule has 124 valence electrons. The van der Waals surface area contributed by atoms with Crippen LogP contribution in [-0.2, 0) is 16.6 Å². The highest BCUT2D eigenvalue weighted by Crippen LogP contribution is 2.22. The van der Waals surface area contributed by atoms with Crippen LogP contribution < -0.4 is 4.74 Å². The number of hydrogen-bond acceptors (Lipinski definition) is 6. The maximum atomic E-state index is 12.5. The van der Waals surface area contributed by atoms with Gasteiger partial charge in [-0.15, -0.1) is 11.3 Å². The summed E-state index contributed by atoms with van der Waals surface area (Å²) in [5.74, 6) is 0.598. The average molecular weight is 353 g/mol. The summed E-state index contributed by atoms with van der Waals surface area (Å²) in [6.07, 6.45) is 1.80. The predicted molar refractivity (Wildman–Crippen MR) is 89.1 cm³/mol. The van der Waals surface area contributed by atoms with E-state index in [1.54, 1.807) is 35.1 Å². The molecule has 0 aliphatic carbocycles. The van der Waals surface area contributed by atoms with Gasteiger partial charge in [-0.1, -0.05) is 12.1 Å². The van der Waals surface area contributed by atoms with Crippen molar-refractivity contribution < 1.29 is 13.2 Å². The van der Waals surface area contributed by atoms with Gasteiger partial charge in [-0.3, -0.25) is 4.90 Å². The minimum atomic E-state index is -3.33. The summed E-state index contributed by atoms with van der Waals surface area (Å²) in [4.78, 5) is 6.44. The number of piperazine rings is 1. The third-order valence-electron chi connectivity index (χ3n) is 3.83.